The van der Waals surface area contributed by atoms with Crippen LogP contribution in [0.4, 0.5) is 5.82 Å². The number of aromatic nitrogens is 4. The number of nitrogens with two attached hydrogens (primary N) is 1. The van der Waals surface area contributed by atoms with Gasteiger partial charge in [-0.1, -0.05) is 0 Å². The van der Waals surface area contributed by atoms with Gasteiger partial charge in [-0.3, -0.25) is 9.31 Å². The van der Waals surface area contributed by atoms with E-state index in [-0.39, 0.29) is 17.4 Å². The lowest BCUT2D eigenvalue weighted by molar-refractivity contribution is 0.535. The van der Waals surface area contributed by atoms with Crippen molar-refractivity contribution < 1.29 is 8.76 Å². The number of anilines is 1. The van der Waals surface area contributed by atoms with Crippen molar-refractivity contribution in [2.24, 2.45) is 0 Å². The highest BCUT2D eigenvalue weighted by Gasteiger charge is 2.25. The highest BCUT2D eigenvalue weighted by atomic mass is 32.2. The fourth-order valence-corrected chi connectivity index (χ4v) is 2.23. The first-order valence-electron chi connectivity index (χ1n) is 5.87. The van der Waals surface area contributed by atoms with Crippen LogP contribution in [-0.4, -0.2) is 28.9 Å². The number of nitrogens with zero attached hydrogens (tertiary/aromatic N) is 3. The average Bonchev–Trinajstić information content (AvgIpc) is 3.05. The Morgan fingerprint density at radius 2 is 2.16 bits per heavy atom. The van der Waals surface area contributed by atoms with Crippen molar-refractivity contribution in [3.05, 3.63) is 23.7 Å². The van der Waals surface area contributed by atoms with Gasteiger partial charge in [0.25, 0.3) is 0 Å². The Labute approximate surface area is 111 Å². The summed E-state index contributed by atoms with van der Waals surface area (Å²) in [5, 5.41) is 7.16. The first kappa shape index (κ1) is 12.2. The van der Waals surface area contributed by atoms with Crippen LogP contribution in [0.5, 0.6) is 0 Å². The second-order valence-corrected chi connectivity index (χ2v) is 5.42. The molecule has 7 nitrogen and oxygen atoms in total. The molecule has 2 aromatic rings. The molecule has 1 aliphatic carbocycles. The summed E-state index contributed by atoms with van der Waals surface area (Å²) in [5.41, 5.74) is 7.94. The van der Waals surface area contributed by atoms with E-state index in [4.69, 9.17) is 5.73 Å². The van der Waals surface area contributed by atoms with E-state index in [0.29, 0.717) is 17.3 Å². The highest BCUT2D eigenvalue weighted by Crippen LogP contribution is 2.39. The first-order valence-corrected chi connectivity index (χ1v) is 7.11. The molecule has 0 radical (unpaired) electrons. The number of hydrogen-bond acceptors (Lipinski definition) is 6. The van der Waals surface area contributed by atoms with Gasteiger partial charge < -0.3 is 10.3 Å². The number of nitrogen functional groups attached to an aromatic ring is 1. The van der Waals surface area contributed by atoms with Gasteiger partial charge in [-0.15, -0.1) is 0 Å². The van der Waals surface area contributed by atoms with E-state index in [9.17, 15) is 8.76 Å². The van der Waals surface area contributed by atoms with Gasteiger partial charge in [0.15, 0.2) is 0 Å². The minimum Gasteiger partial charge on any atom is -0.772 e. The van der Waals surface area contributed by atoms with Gasteiger partial charge in [-0.25, -0.2) is 9.97 Å². The van der Waals surface area contributed by atoms with Crippen LogP contribution < -0.4 is 5.73 Å². The van der Waals surface area contributed by atoms with Crippen LogP contribution >= 0.6 is 0 Å². The van der Waals surface area contributed by atoms with Crippen LogP contribution in [0, 0.1) is 0 Å². The molecule has 19 heavy (non-hydrogen) atoms. The van der Waals surface area contributed by atoms with E-state index >= 15 is 0 Å². The molecule has 1 atom stereocenters. The lowest BCUT2D eigenvalue weighted by Gasteiger charge is -2.05. The Bertz CT molecular complexity index is 638. The summed E-state index contributed by atoms with van der Waals surface area (Å²) >= 11 is -2.24. The topological polar surface area (TPSA) is 121 Å². The molecule has 8 heteroatoms. The lowest BCUT2D eigenvalue weighted by atomic mass is 10.2. The zero-order valence-electron chi connectivity index (χ0n) is 10.00. The summed E-state index contributed by atoms with van der Waals surface area (Å²) in [6.07, 6.45) is 2.35. The molecule has 1 saturated carbocycles. The molecule has 0 aromatic carbocycles. The second kappa shape index (κ2) is 4.71. The largest absolute Gasteiger partial charge is 0.772 e. The molecular weight excluding hydrogens is 266 g/mol. The van der Waals surface area contributed by atoms with E-state index in [1.165, 1.54) is 12.8 Å². The standard InChI is InChI=1S/C11H13N5O2S/c12-10-4-8(13-11(14-10)5-19(17)18)9-3-7(15-16-9)6-1-2-6/h3-4,6H,1-2,5H2,(H,15,16)(H,17,18)(H2,12,13,14)/p-1. The van der Waals surface area contributed by atoms with Crippen LogP contribution in [0.15, 0.2) is 12.1 Å². The van der Waals surface area contributed by atoms with Gasteiger partial charge in [0, 0.05) is 17.7 Å². The molecule has 0 amide bonds. The van der Waals surface area contributed by atoms with E-state index < -0.39 is 11.1 Å². The Morgan fingerprint density at radius 1 is 1.37 bits per heavy atom. The van der Waals surface area contributed by atoms with Crippen molar-refractivity contribution in [1.82, 2.24) is 20.2 Å². The summed E-state index contributed by atoms with van der Waals surface area (Å²) in [4.78, 5) is 8.06. The minimum absolute atomic E-state index is 0.180. The number of aromatic amines is 1. The van der Waals surface area contributed by atoms with E-state index in [2.05, 4.69) is 20.2 Å². The summed E-state index contributed by atoms with van der Waals surface area (Å²) in [5.74, 6) is 0.729. The first-order chi connectivity index (χ1) is 9.11. The summed E-state index contributed by atoms with van der Waals surface area (Å²) in [6.45, 7) is 0. The Morgan fingerprint density at radius 3 is 2.84 bits per heavy atom. The highest BCUT2D eigenvalue weighted by molar-refractivity contribution is 7.78. The van der Waals surface area contributed by atoms with Crippen molar-refractivity contribution in [3.8, 4) is 11.4 Å². The van der Waals surface area contributed by atoms with Crippen molar-refractivity contribution in [2.75, 3.05) is 5.73 Å². The second-order valence-electron chi connectivity index (χ2n) is 4.53. The molecule has 100 valence electrons. The lowest BCUT2D eigenvalue weighted by Crippen LogP contribution is -2.04. The van der Waals surface area contributed by atoms with E-state index in [1.807, 2.05) is 6.07 Å². The maximum atomic E-state index is 10.7. The fraction of sp³-hybridized carbons (Fsp3) is 0.364. The molecule has 0 aliphatic heterocycles. The normalized spacial score (nSPS) is 16.5. The zero-order valence-corrected chi connectivity index (χ0v) is 10.8. The fourth-order valence-electron chi connectivity index (χ4n) is 1.89. The monoisotopic (exact) mass is 278 g/mol. The van der Waals surface area contributed by atoms with Gasteiger partial charge in [-0.05, 0) is 30.0 Å². The minimum atomic E-state index is -2.24. The molecule has 0 bridgehead atoms. The van der Waals surface area contributed by atoms with Crippen LogP contribution in [0.2, 0.25) is 0 Å². The number of nitrogens with one attached hydrogen (secondary N) is 1. The smallest absolute Gasteiger partial charge is 0.142 e. The molecule has 2 aromatic heterocycles. The average molecular weight is 278 g/mol. The van der Waals surface area contributed by atoms with Gasteiger partial charge in [-0.2, -0.15) is 5.10 Å². The number of rotatable bonds is 4. The molecule has 1 aliphatic rings. The molecule has 0 saturated heterocycles. The number of H-pyrrole nitrogens is 1. The molecule has 1 fully saturated rings. The third-order valence-corrected chi connectivity index (χ3v) is 3.41. The summed E-state index contributed by atoms with van der Waals surface area (Å²) in [7, 11) is 0. The van der Waals surface area contributed by atoms with Crippen molar-refractivity contribution in [1.29, 1.82) is 0 Å². The molecule has 0 spiro atoms. The van der Waals surface area contributed by atoms with Gasteiger partial charge in [0.2, 0.25) is 0 Å². The quantitative estimate of drug-likeness (QED) is 0.794. The predicted octanol–water partition coefficient (Wildman–Crippen LogP) is 0.705. The van der Waals surface area contributed by atoms with Gasteiger partial charge in [0.1, 0.15) is 17.3 Å². The molecule has 1 unspecified atom stereocenters. The maximum Gasteiger partial charge on any atom is 0.142 e. The third-order valence-electron chi connectivity index (χ3n) is 2.92. The van der Waals surface area contributed by atoms with Crippen LogP contribution in [0.25, 0.3) is 11.4 Å². The van der Waals surface area contributed by atoms with Crippen LogP contribution in [0.1, 0.15) is 30.3 Å². The zero-order chi connectivity index (χ0) is 13.4. The summed E-state index contributed by atoms with van der Waals surface area (Å²) < 4.78 is 21.4. The van der Waals surface area contributed by atoms with Crippen LogP contribution in [-0.2, 0) is 16.8 Å². The predicted molar refractivity (Wildman–Crippen MR) is 68.6 cm³/mol. The van der Waals surface area contributed by atoms with Crippen molar-refractivity contribution >= 4 is 16.9 Å². The van der Waals surface area contributed by atoms with E-state index in [1.54, 1.807) is 6.07 Å². The number of hydrogen-bond donors (Lipinski definition) is 2. The molecule has 2 heterocycles. The van der Waals surface area contributed by atoms with Gasteiger partial charge >= 0.3 is 0 Å². The van der Waals surface area contributed by atoms with Crippen molar-refractivity contribution in [3.63, 3.8) is 0 Å². The SMILES string of the molecule is Nc1cc(-c2cc(C3CC3)[nH]n2)nc(CS(=O)[O-])n1. The Kier molecular flexibility index (Phi) is 3.03. The van der Waals surface area contributed by atoms with Gasteiger partial charge in [0.05, 0.1) is 11.4 Å². The maximum absolute atomic E-state index is 10.7. The third kappa shape index (κ3) is 2.79. The summed E-state index contributed by atoms with van der Waals surface area (Å²) in [6, 6.07) is 3.52. The molecular formula is C11H12N5O2S-. The molecule has 3 rings (SSSR count). The Balaban J connectivity index is 1.93. The van der Waals surface area contributed by atoms with Crippen molar-refractivity contribution in [2.45, 2.75) is 24.5 Å². The molecule has 3 N–H and O–H groups in total. The van der Waals surface area contributed by atoms with E-state index in [0.717, 1.165) is 5.69 Å². The van der Waals surface area contributed by atoms with Crippen LogP contribution in [0.3, 0.4) is 0 Å². The Hall–Kier alpha value is -1.80.